The summed E-state index contributed by atoms with van der Waals surface area (Å²) in [6.45, 7) is 0. The number of carbonyl (C=O) groups is 1. The number of methoxy groups -OCH3 is 1. The van der Waals surface area contributed by atoms with Crippen molar-refractivity contribution in [2.45, 2.75) is 18.4 Å². The van der Waals surface area contributed by atoms with E-state index in [1.54, 1.807) is 31.4 Å². The number of nitrogens with zero attached hydrogens (tertiary/aromatic N) is 1. The van der Waals surface area contributed by atoms with Gasteiger partial charge in [-0.1, -0.05) is 12.2 Å². The molecule has 5 heteroatoms. The first-order valence-corrected chi connectivity index (χ1v) is 6.69. The molecule has 104 valence electrons. The lowest BCUT2D eigenvalue weighted by Gasteiger charge is -2.25. The maximum absolute atomic E-state index is 12.6. The van der Waals surface area contributed by atoms with Crippen molar-refractivity contribution in [1.82, 2.24) is 0 Å². The number of rotatable bonds is 2. The maximum Gasteiger partial charge on any atom is 0.235 e. The largest absolute Gasteiger partial charge is 0.497 e. The fourth-order valence-corrected chi connectivity index (χ4v) is 3.48. The average Bonchev–Trinajstić information content (AvgIpc) is 3.14. The van der Waals surface area contributed by atoms with Gasteiger partial charge < -0.3 is 14.6 Å². The van der Waals surface area contributed by atoms with Crippen LogP contribution in [0.2, 0.25) is 0 Å². The van der Waals surface area contributed by atoms with Gasteiger partial charge in [-0.15, -0.1) is 0 Å². The Morgan fingerprint density at radius 3 is 2.55 bits per heavy atom. The number of hydrogen-bond donors (Lipinski definition) is 1. The van der Waals surface area contributed by atoms with E-state index in [0.29, 0.717) is 5.69 Å². The van der Waals surface area contributed by atoms with Crippen molar-refractivity contribution < 1.29 is 19.4 Å². The molecule has 1 amide bonds. The van der Waals surface area contributed by atoms with Crippen LogP contribution in [0, 0.1) is 11.8 Å². The summed E-state index contributed by atoms with van der Waals surface area (Å²) in [7, 11) is 1.59. The van der Waals surface area contributed by atoms with E-state index in [4.69, 9.17) is 9.47 Å². The number of benzene rings is 1. The standard InChI is InChI=1S/C15H15NO4/c1-19-9-4-2-8(3-5-9)16-14(17)12-10-6-7-11(20-10)13(12)15(16)18/h2-7,10-14,17H,1H3/t10-,11+,12-,13+,14+/m0/s1. The number of carbonyl (C=O) groups excluding carboxylic acids is 1. The first-order valence-electron chi connectivity index (χ1n) is 6.69. The fraction of sp³-hybridized carbons (Fsp3) is 0.400. The molecule has 2 saturated heterocycles. The van der Waals surface area contributed by atoms with Crippen LogP contribution in [0.3, 0.4) is 0 Å². The fourth-order valence-electron chi connectivity index (χ4n) is 3.48. The topological polar surface area (TPSA) is 59.0 Å². The molecule has 0 aromatic heterocycles. The highest BCUT2D eigenvalue weighted by atomic mass is 16.5. The van der Waals surface area contributed by atoms with Crippen LogP contribution in [0.5, 0.6) is 5.75 Å². The van der Waals surface area contributed by atoms with Crippen molar-refractivity contribution in [3.05, 3.63) is 36.4 Å². The highest BCUT2D eigenvalue weighted by Crippen LogP contribution is 2.48. The third-order valence-corrected chi connectivity index (χ3v) is 4.43. The van der Waals surface area contributed by atoms with E-state index in [0.717, 1.165) is 5.75 Å². The van der Waals surface area contributed by atoms with Crippen LogP contribution in [-0.2, 0) is 9.53 Å². The molecule has 3 aliphatic heterocycles. The van der Waals surface area contributed by atoms with Crippen molar-refractivity contribution in [2.24, 2.45) is 11.8 Å². The maximum atomic E-state index is 12.6. The summed E-state index contributed by atoms with van der Waals surface area (Å²) >= 11 is 0. The van der Waals surface area contributed by atoms with Crippen molar-refractivity contribution in [3.63, 3.8) is 0 Å². The summed E-state index contributed by atoms with van der Waals surface area (Å²) in [5.74, 6) is 0.228. The Bertz CT molecular complexity index is 582. The summed E-state index contributed by atoms with van der Waals surface area (Å²) in [6, 6.07) is 7.15. The molecule has 1 N–H and O–H groups in total. The second-order valence-corrected chi connectivity index (χ2v) is 5.37. The van der Waals surface area contributed by atoms with Crippen LogP contribution < -0.4 is 9.64 Å². The first kappa shape index (κ1) is 11.9. The van der Waals surface area contributed by atoms with Gasteiger partial charge in [-0.05, 0) is 24.3 Å². The predicted octanol–water partition coefficient (Wildman–Crippen LogP) is 0.930. The van der Waals surface area contributed by atoms with Gasteiger partial charge in [0.25, 0.3) is 0 Å². The molecular weight excluding hydrogens is 258 g/mol. The van der Waals surface area contributed by atoms with E-state index < -0.39 is 6.23 Å². The minimum atomic E-state index is -0.833. The van der Waals surface area contributed by atoms with Crippen molar-refractivity contribution in [2.75, 3.05) is 12.0 Å². The zero-order chi connectivity index (χ0) is 13.9. The number of aliphatic hydroxyl groups is 1. The number of hydrogen-bond acceptors (Lipinski definition) is 4. The number of anilines is 1. The minimum Gasteiger partial charge on any atom is -0.497 e. The Hall–Kier alpha value is -1.85. The number of ether oxygens (including phenoxy) is 2. The summed E-state index contributed by atoms with van der Waals surface area (Å²) in [6.07, 6.45) is 2.71. The molecular formula is C15H15NO4. The molecule has 3 heterocycles. The Labute approximate surface area is 116 Å². The summed E-state index contributed by atoms with van der Waals surface area (Å²) in [4.78, 5) is 14.0. The van der Waals surface area contributed by atoms with E-state index in [-0.39, 0.29) is 30.0 Å². The van der Waals surface area contributed by atoms with Gasteiger partial charge in [0.1, 0.15) is 12.0 Å². The molecule has 1 aromatic carbocycles. The zero-order valence-electron chi connectivity index (χ0n) is 11.0. The molecule has 0 spiro atoms. The van der Waals surface area contributed by atoms with Gasteiger partial charge in [0.15, 0.2) is 0 Å². The van der Waals surface area contributed by atoms with Crippen LogP contribution >= 0.6 is 0 Å². The Morgan fingerprint density at radius 2 is 1.90 bits per heavy atom. The minimum absolute atomic E-state index is 0.0653. The summed E-state index contributed by atoms with van der Waals surface area (Å²) in [5, 5.41) is 10.5. The van der Waals surface area contributed by atoms with Crippen LogP contribution in [0.15, 0.2) is 36.4 Å². The molecule has 5 atom stereocenters. The first-order chi connectivity index (χ1) is 9.70. The number of amides is 1. The summed E-state index contributed by atoms with van der Waals surface area (Å²) in [5.41, 5.74) is 0.692. The van der Waals surface area contributed by atoms with E-state index in [1.165, 1.54) is 4.90 Å². The Balaban J connectivity index is 1.68. The van der Waals surface area contributed by atoms with Crippen LogP contribution in [0.25, 0.3) is 0 Å². The van der Waals surface area contributed by atoms with Crippen LogP contribution in [0.1, 0.15) is 0 Å². The molecule has 0 saturated carbocycles. The molecule has 0 radical (unpaired) electrons. The number of aliphatic hydroxyl groups excluding tert-OH is 1. The lowest BCUT2D eigenvalue weighted by Crippen LogP contribution is -2.38. The Morgan fingerprint density at radius 1 is 1.20 bits per heavy atom. The van der Waals surface area contributed by atoms with Gasteiger partial charge in [0.2, 0.25) is 5.91 Å². The van der Waals surface area contributed by atoms with Gasteiger partial charge in [-0.3, -0.25) is 9.69 Å². The SMILES string of the molecule is COc1ccc(N2C(=O)[C@H]3[C@H]([C@@H]4C=C[C@H]3O4)[C@H]2O)cc1. The van der Waals surface area contributed by atoms with E-state index in [2.05, 4.69) is 0 Å². The van der Waals surface area contributed by atoms with Crippen LogP contribution in [-0.4, -0.2) is 36.6 Å². The van der Waals surface area contributed by atoms with Gasteiger partial charge in [-0.25, -0.2) is 0 Å². The molecule has 20 heavy (non-hydrogen) atoms. The quantitative estimate of drug-likeness (QED) is 0.814. The third kappa shape index (κ3) is 1.42. The monoisotopic (exact) mass is 273 g/mol. The van der Waals surface area contributed by atoms with Crippen molar-refractivity contribution >= 4 is 11.6 Å². The van der Waals surface area contributed by atoms with Gasteiger partial charge in [-0.2, -0.15) is 0 Å². The smallest absolute Gasteiger partial charge is 0.235 e. The van der Waals surface area contributed by atoms with E-state index in [9.17, 15) is 9.90 Å². The average molecular weight is 273 g/mol. The second kappa shape index (κ2) is 4.07. The van der Waals surface area contributed by atoms with Gasteiger partial charge >= 0.3 is 0 Å². The van der Waals surface area contributed by atoms with E-state index in [1.807, 2.05) is 12.2 Å². The third-order valence-electron chi connectivity index (χ3n) is 4.43. The molecule has 2 bridgehead atoms. The van der Waals surface area contributed by atoms with Crippen molar-refractivity contribution in [1.29, 1.82) is 0 Å². The van der Waals surface area contributed by atoms with Crippen molar-refractivity contribution in [3.8, 4) is 5.75 Å². The Kier molecular flexibility index (Phi) is 2.43. The van der Waals surface area contributed by atoms with Gasteiger partial charge in [0.05, 0.1) is 25.2 Å². The molecule has 1 aromatic rings. The van der Waals surface area contributed by atoms with Gasteiger partial charge in [0, 0.05) is 11.6 Å². The normalized spacial score (nSPS) is 37.6. The summed E-state index contributed by atoms with van der Waals surface area (Å²) < 4.78 is 10.8. The molecule has 0 unspecified atom stereocenters. The van der Waals surface area contributed by atoms with E-state index >= 15 is 0 Å². The molecule has 4 rings (SSSR count). The number of fused-ring (bicyclic) bond motifs is 5. The lowest BCUT2D eigenvalue weighted by atomic mass is 9.85. The predicted molar refractivity (Wildman–Crippen MR) is 71.3 cm³/mol. The lowest BCUT2D eigenvalue weighted by molar-refractivity contribution is -0.122. The molecule has 5 nitrogen and oxygen atoms in total. The molecule has 0 aliphatic carbocycles. The molecule has 3 aliphatic rings. The zero-order valence-corrected chi connectivity index (χ0v) is 11.0. The van der Waals surface area contributed by atoms with Crippen LogP contribution in [0.4, 0.5) is 5.69 Å². The second-order valence-electron chi connectivity index (χ2n) is 5.37. The highest BCUT2D eigenvalue weighted by Gasteiger charge is 2.60. The highest BCUT2D eigenvalue weighted by molar-refractivity contribution is 5.99. The molecule has 2 fully saturated rings.